The maximum Gasteiger partial charge on any atom is 0.406 e. The normalized spacial score (nSPS) is 25.3. The standard InChI is InChI=1S/C17H25F3N2O2/c18-17(19,20)11-22(9-12-3-1-4-12)16(24)14-5-2-8-21(10-14)15(23)13-6-7-13/h12-14H,1-11H2/t14-/m1/s1. The largest absolute Gasteiger partial charge is 0.406 e. The van der Waals surface area contributed by atoms with Gasteiger partial charge in [-0.15, -0.1) is 0 Å². The molecule has 3 aliphatic rings. The van der Waals surface area contributed by atoms with Crippen molar-refractivity contribution in [1.82, 2.24) is 9.80 Å². The van der Waals surface area contributed by atoms with Gasteiger partial charge >= 0.3 is 6.18 Å². The van der Waals surface area contributed by atoms with Gasteiger partial charge in [-0.05, 0) is 44.4 Å². The fourth-order valence-electron chi connectivity index (χ4n) is 3.66. The molecule has 3 fully saturated rings. The van der Waals surface area contributed by atoms with Crippen molar-refractivity contribution in [3.63, 3.8) is 0 Å². The Balaban J connectivity index is 1.62. The van der Waals surface area contributed by atoms with E-state index in [9.17, 15) is 22.8 Å². The van der Waals surface area contributed by atoms with Crippen molar-refractivity contribution in [2.24, 2.45) is 17.8 Å². The van der Waals surface area contributed by atoms with Gasteiger partial charge in [-0.2, -0.15) is 13.2 Å². The Hall–Kier alpha value is -1.27. The van der Waals surface area contributed by atoms with Crippen LogP contribution >= 0.6 is 0 Å². The molecule has 0 aromatic heterocycles. The Morgan fingerprint density at radius 3 is 2.25 bits per heavy atom. The number of piperidine rings is 1. The van der Waals surface area contributed by atoms with Gasteiger partial charge in [0.05, 0.1) is 5.92 Å². The molecule has 0 aromatic rings. The highest BCUT2D eigenvalue weighted by atomic mass is 19.4. The van der Waals surface area contributed by atoms with Gasteiger partial charge in [0.2, 0.25) is 11.8 Å². The first-order valence-corrected chi connectivity index (χ1v) is 8.98. The van der Waals surface area contributed by atoms with E-state index in [1.807, 2.05) is 0 Å². The number of nitrogens with zero attached hydrogens (tertiary/aromatic N) is 2. The Bertz CT molecular complexity index is 487. The molecule has 2 saturated carbocycles. The van der Waals surface area contributed by atoms with Gasteiger partial charge in [-0.25, -0.2) is 0 Å². The molecule has 0 aromatic carbocycles. The van der Waals surface area contributed by atoms with Crippen LogP contribution in [0.3, 0.4) is 0 Å². The third-order valence-corrected chi connectivity index (χ3v) is 5.39. The number of amides is 2. The van der Waals surface area contributed by atoms with Crippen molar-refractivity contribution in [3.8, 4) is 0 Å². The van der Waals surface area contributed by atoms with Crippen LogP contribution in [0.4, 0.5) is 13.2 Å². The highest BCUT2D eigenvalue weighted by molar-refractivity contribution is 5.83. The number of hydrogen-bond acceptors (Lipinski definition) is 2. The minimum Gasteiger partial charge on any atom is -0.342 e. The van der Waals surface area contributed by atoms with Gasteiger partial charge in [-0.1, -0.05) is 6.42 Å². The summed E-state index contributed by atoms with van der Waals surface area (Å²) in [7, 11) is 0. The van der Waals surface area contributed by atoms with E-state index in [-0.39, 0.29) is 30.8 Å². The smallest absolute Gasteiger partial charge is 0.342 e. The number of rotatable bonds is 5. The Morgan fingerprint density at radius 2 is 1.71 bits per heavy atom. The van der Waals surface area contributed by atoms with Crippen molar-refractivity contribution < 1.29 is 22.8 Å². The van der Waals surface area contributed by atoms with Crippen LogP contribution in [0, 0.1) is 17.8 Å². The third kappa shape index (κ3) is 4.42. The highest BCUT2D eigenvalue weighted by Crippen LogP contribution is 2.33. The van der Waals surface area contributed by atoms with E-state index < -0.39 is 24.5 Å². The molecule has 1 atom stereocenters. The number of hydrogen-bond donors (Lipinski definition) is 0. The number of carbonyl (C=O) groups is 2. The van der Waals surface area contributed by atoms with Crippen LogP contribution < -0.4 is 0 Å². The minimum atomic E-state index is -4.38. The molecule has 0 bridgehead atoms. The van der Waals surface area contributed by atoms with Crippen molar-refractivity contribution in [2.45, 2.75) is 51.1 Å². The monoisotopic (exact) mass is 346 g/mol. The van der Waals surface area contributed by atoms with Gasteiger partial charge in [0.15, 0.2) is 0 Å². The van der Waals surface area contributed by atoms with Gasteiger partial charge in [-0.3, -0.25) is 9.59 Å². The average Bonchev–Trinajstić information content (AvgIpc) is 3.32. The molecular formula is C17H25F3N2O2. The summed E-state index contributed by atoms with van der Waals surface area (Å²) < 4.78 is 38.6. The molecule has 136 valence electrons. The molecule has 0 radical (unpaired) electrons. The predicted molar refractivity (Wildman–Crippen MR) is 82.0 cm³/mol. The summed E-state index contributed by atoms with van der Waals surface area (Å²) in [6.45, 7) is -0.0605. The number of halogens is 3. The zero-order valence-corrected chi connectivity index (χ0v) is 13.9. The second kappa shape index (κ2) is 6.92. The summed E-state index contributed by atoms with van der Waals surface area (Å²) in [5, 5.41) is 0. The fraction of sp³-hybridized carbons (Fsp3) is 0.882. The minimum absolute atomic E-state index is 0.0777. The van der Waals surface area contributed by atoms with E-state index in [1.54, 1.807) is 4.90 Å². The summed E-state index contributed by atoms with van der Waals surface area (Å²) in [4.78, 5) is 27.6. The molecule has 4 nitrogen and oxygen atoms in total. The molecule has 2 amide bonds. The van der Waals surface area contributed by atoms with E-state index in [0.717, 1.165) is 37.0 Å². The molecular weight excluding hydrogens is 321 g/mol. The van der Waals surface area contributed by atoms with Gasteiger partial charge in [0.1, 0.15) is 6.54 Å². The van der Waals surface area contributed by atoms with Crippen LogP contribution in [-0.2, 0) is 9.59 Å². The molecule has 0 N–H and O–H groups in total. The van der Waals surface area contributed by atoms with E-state index in [1.165, 1.54) is 0 Å². The van der Waals surface area contributed by atoms with E-state index in [0.29, 0.717) is 19.4 Å². The second-order valence-electron chi connectivity index (χ2n) is 7.53. The SMILES string of the molecule is O=C(C1CC1)N1CCC[C@@H](C(=O)N(CC2CCC2)CC(F)(F)F)C1. The first kappa shape index (κ1) is 17.5. The van der Waals surface area contributed by atoms with Crippen LogP contribution in [0.1, 0.15) is 44.9 Å². The van der Waals surface area contributed by atoms with Gasteiger partial charge in [0, 0.05) is 25.6 Å². The van der Waals surface area contributed by atoms with Gasteiger partial charge in [0.25, 0.3) is 0 Å². The molecule has 0 spiro atoms. The Morgan fingerprint density at radius 1 is 1.00 bits per heavy atom. The highest BCUT2D eigenvalue weighted by Gasteiger charge is 2.40. The maximum atomic E-state index is 12.9. The lowest BCUT2D eigenvalue weighted by Gasteiger charge is -2.38. The maximum absolute atomic E-state index is 12.9. The molecule has 7 heteroatoms. The lowest BCUT2D eigenvalue weighted by molar-refractivity contribution is -0.167. The quantitative estimate of drug-likeness (QED) is 0.768. The summed E-state index contributed by atoms with van der Waals surface area (Å²) >= 11 is 0. The number of likely N-dealkylation sites (tertiary alicyclic amines) is 1. The molecule has 24 heavy (non-hydrogen) atoms. The lowest BCUT2D eigenvalue weighted by Crippen LogP contribution is -2.50. The van der Waals surface area contributed by atoms with Gasteiger partial charge < -0.3 is 9.80 Å². The Labute approximate surface area is 140 Å². The topological polar surface area (TPSA) is 40.6 Å². The lowest BCUT2D eigenvalue weighted by atomic mass is 9.84. The average molecular weight is 346 g/mol. The van der Waals surface area contributed by atoms with Crippen LogP contribution in [0.5, 0.6) is 0 Å². The van der Waals surface area contributed by atoms with Crippen molar-refractivity contribution in [3.05, 3.63) is 0 Å². The summed E-state index contributed by atoms with van der Waals surface area (Å²) in [6, 6.07) is 0. The summed E-state index contributed by atoms with van der Waals surface area (Å²) in [5.41, 5.74) is 0. The van der Waals surface area contributed by atoms with Crippen LogP contribution in [0.25, 0.3) is 0 Å². The van der Waals surface area contributed by atoms with E-state index in [4.69, 9.17) is 0 Å². The molecule has 1 aliphatic heterocycles. The Kier molecular flexibility index (Phi) is 5.06. The fourth-order valence-corrected chi connectivity index (χ4v) is 3.66. The summed E-state index contributed by atoms with van der Waals surface area (Å²) in [5.74, 6) is -0.547. The third-order valence-electron chi connectivity index (χ3n) is 5.39. The predicted octanol–water partition coefficient (Wildman–Crippen LogP) is 2.83. The number of alkyl halides is 3. The van der Waals surface area contributed by atoms with E-state index >= 15 is 0 Å². The zero-order valence-electron chi connectivity index (χ0n) is 13.9. The molecule has 1 saturated heterocycles. The van der Waals surface area contributed by atoms with Crippen molar-refractivity contribution in [2.75, 3.05) is 26.2 Å². The second-order valence-corrected chi connectivity index (χ2v) is 7.53. The van der Waals surface area contributed by atoms with Crippen LogP contribution in [0.2, 0.25) is 0 Å². The zero-order chi connectivity index (χ0) is 17.3. The van der Waals surface area contributed by atoms with Crippen molar-refractivity contribution in [1.29, 1.82) is 0 Å². The molecule has 2 aliphatic carbocycles. The first-order chi connectivity index (χ1) is 11.3. The molecule has 3 rings (SSSR count). The molecule has 1 heterocycles. The first-order valence-electron chi connectivity index (χ1n) is 8.98. The number of carbonyl (C=O) groups excluding carboxylic acids is 2. The van der Waals surface area contributed by atoms with Crippen LogP contribution in [-0.4, -0.2) is 54.0 Å². The molecule has 0 unspecified atom stereocenters. The van der Waals surface area contributed by atoms with Crippen LogP contribution in [0.15, 0.2) is 0 Å². The summed E-state index contributed by atoms with van der Waals surface area (Å²) in [6.07, 6.45) is 1.52. The van der Waals surface area contributed by atoms with E-state index in [2.05, 4.69) is 0 Å². The van der Waals surface area contributed by atoms with Crippen molar-refractivity contribution >= 4 is 11.8 Å².